The fourth-order valence-electron chi connectivity index (χ4n) is 2.60. The topological polar surface area (TPSA) is 86.7 Å². The maximum absolute atomic E-state index is 12.5. The number of aliphatic carboxylic acids is 1. The van der Waals surface area contributed by atoms with Crippen LogP contribution in [0.4, 0.5) is 5.69 Å². The average Bonchev–Trinajstić information content (AvgIpc) is 3.11. The van der Waals surface area contributed by atoms with Gasteiger partial charge < -0.3 is 15.3 Å². The molecule has 0 radical (unpaired) electrons. The van der Waals surface area contributed by atoms with E-state index < -0.39 is 12.0 Å². The maximum atomic E-state index is 12.5. The molecule has 0 bridgehead atoms. The standard InChI is InChI=1S/C17H16N2O4S2/c20-15(18-11(8-17(22)23)13-6-3-7-24-13)9-19-12-4-1-2-5-14(12)25-10-16(19)21/h1-7,11H,8-10H2,(H,18,20)(H,22,23)/t11-/m0/s1. The van der Waals surface area contributed by atoms with Gasteiger partial charge in [-0.05, 0) is 23.6 Å². The summed E-state index contributed by atoms with van der Waals surface area (Å²) < 4.78 is 0. The summed E-state index contributed by atoms with van der Waals surface area (Å²) in [6.45, 7) is -0.127. The highest BCUT2D eigenvalue weighted by atomic mass is 32.2. The van der Waals surface area contributed by atoms with E-state index in [9.17, 15) is 14.4 Å². The van der Waals surface area contributed by atoms with E-state index in [-0.39, 0.29) is 30.5 Å². The molecule has 2 N–H and O–H groups in total. The van der Waals surface area contributed by atoms with Crippen LogP contribution in [0.2, 0.25) is 0 Å². The fourth-order valence-corrected chi connectivity index (χ4v) is 4.31. The Hall–Kier alpha value is -2.32. The molecule has 130 valence electrons. The number of carboxylic acid groups (broad SMARTS) is 1. The zero-order valence-electron chi connectivity index (χ0n) is 13.2. The Balaban J connectivity index is 1.73. The normalized spacial score (nSPS) is 14.7. The number of nitrogens with one attached hydrogen (secondary N) is 1. The molecule has 1 aliphatic heterocycles. The van der Waals surface area contributed by atoms with Gasteiger partial charge in [0.2, 0.25) is 11.8 Å². The van der Waals surface area contributed by atoms with Crippen molar-refractivity contribution in [2.75, 3.05) is 17.2 Å². The van der Waals surface area contributed by atoms with Crippen LogP contribution in [0.3, 0.4) is 0 Å². The second-order valence-electron chi connectivity index (χ2n) is 5.47. The fraction of sp³-hybridized carbons (Fsp3) is 0.235. The molecule has 0 aliphatic carbocycles. The predicted molar refractivity (Wildman–Crippen MR) is 97.0 cm³/mol. The van der Waals surface area contributed by atoms with Crippen molar-refractivity contribution in [3.05, 3.63) is 46.7 Å². The maximum Gasteiger partial charge on any atom is 0.305 e. The molecule has 3 rings (SSSR count). The second kappa shape index (κ2) is 7.71. The minimum absolute atomic E-state index is 0.127. The van der Waals surface area contributed by atoms with Crippen molar-refractivity contribution in [1.29, 1.82) is 0 Å². The summed E-state index contributed by atoms with van der Waals surface area (Å²) >= 11 is 2.84. The van der Waals surface area contributed by atoms with Crippen molar-refractivity contribution in [1.82, 2.24) is 5.32 Å². The molecule has 6 nitrogen and oxygen atoms in total. The Morgan fingerprint density at radius 3 is 2.76 bits per heavy atom. The van der Waals surface area contributed by atoms with Crippen molar-refractivity contribution >= 4 is 46.6 Å². The summed E-state index contributed by atoms with van der Waals surface area (Å²) in [5.74, 6) is -1.22. The lowest BCUT2D eigenvalue weighted by Crippen LogP contribution is -2.44. The van der Waals surface area contributed by atoms with Crippen LogP contribution < -0.4 is 10.2 Å². The molecular formula is C17H16N2O4S2. The molecule has 1 atom stereocenters. The zero-order chi connectivity index (χ0) is 17.8. The number of carbonyl (C=O) groups excluding carboxylic acids is 2. The summed E-state index contributed by atoms with van der Waals surface area (Å²) in [4.78, 5) is 38.9. The van der Waals surface area contributed by atoms with Gasteiger partial charge in [-0.2, -0.15) is 0 Å². The number of carboxylic acids is 1. The predicted octanol–water partition coefficient (Wildman–Crippen LogP) is 2.52. The van der Waals surface area contributed by atoms with Crippen molar-refractivity contribution in [2.24, 2.45) is 0 Å². The highest BCUT2D eigenvalue weighted by molar-refractivity contribution is 8.00. The molecule has 2 heterocycles. The zero-order valence-corrected chi connectivity index (χ0v) is 14.8. The van der Waals surface area contributed by atoms with Crippen LogP contribution in [0.15, 0.2) is 46.7 Å². The first kappa shape index (κ1) is 17.5. The molecule has 0 unspecified atom stereocenters. The Morgan fingerprint density at radius 2 is 2.04 bits per heavy atom. The molecule has 0 spiro atoms. The van der Waals surface area contributed by atoms with E-state index in [0.29, 0.717) is 5.69 Å². The van der Waals surface area contributed by atoms with Gasteiger partial charge in [-0.3, -0.25) is 14.4 Å². The van der Waals surface area contributed by atoms with Crippen LogP contribution in [0.25, 0.3) is 0 Å². The monoisotopic (exact) mass is 376 g/mol. The number of amides is 2. The van der Waals surface area contributed by atoms with Gasteiger partial charge in [-0.25, -0.2) is 0 Å². The third-order valence-corrected chi connectivity index (χ3v) is 5.74. The summed E-state index contributed by atoms with van der Waals surface area (Å²) in [6.07, 6.45) is -0.202. The quantitative estimate of drug-likeness (QED) is 0.809. The second-order valence-corrected chi connectivity index (χ2v) is 7.47. The smallest absolute Gasteiger partial charge is 0.305 e. The number of carbonyl (C=O) groups is 3. The molecule has 1 aliphatic rings. The van der Waals surface area contributed by atoms with Crippen LogP contribution in [0.5, 0.6) is 0 Å². The first-order chi connectivity index (χ1) is 12.0. The van der Waals surface area contributed by atoms with Gasteiger partial charge in [0.1, 0.15) is 6.54 Å². The summed E-state index contributed by atoms with van der Waals surface area (Å²) in [5, 5.41) is 13.6. The number of hydrogen-bond donors (Lipinski definition) is 2. The molecule has 25 heavy (non-hydrogen) atoms. The Kier molecular flexibility index (Phi) is 5.40. The van der Waals surface area contributed by atoms with E-state index in [1.165, 1.54) is 28.0 Å². The lowest BCUT2D eigenvalue weighted by atomic mass is 10.1. The lowest BCUT2D eigenvalue weighted by Gasteiger charge is -2.29. The number of hydrogen-bond acceptors (Lipinski definition) is 5. The van der Waals surface area contributed by atoms with Gasteiger partial charge in [0, 0.05) is 9.77 Å². The highest BCUT2D eigenvalue weighted by Gasteiger charge is 2.27. The SMILES string of the molecule is O=C(O)C[C@H](NC(=O)CN1C(=O)CSc2ccccc21)c1cccs1. The van der Waals surface area contributed by atoms with E-state index in [2.05, 4.69) is 5.32 Å². The van der Waals surface area contributed by atoms with E-state index in [0.717, 1.165) is 9.77 Å². The molecule has 8 heteroatoms. The molecular weight excluding hydrogens is 360 g/mol. The minimum Gasteiger partial charge on any atom is -0.481 e. The Morgan fingerprint density at radius 1 is 1.24 bits per heavy atom. The number of fused-ring (bicyclic) bond motifs is 1. The Labute approximate surface area is 152 Å². The van der Waals surface area contributed by atoms with Gasteiger partial charge in [0.25, 0.3) is 0 Å². The first-order valence-corrected chi connectivity index (χ1v) is 9.48. The number of anilines is 1. The van der Waals surface area contributed by atoms with E-state index in [4.69, 9.17) is 5.11 Å². The Bertz CT molecular complexity index is 792. The lowest BCUT2D eigenvalue weighted by molar-refractivity contribution is -0.137. The van der Waals surface area contributed by atoms with E-state index in [1.54, 1.807) is 12.1 Å². The molecule has 2 amide bonds. The van der Waals surface area contributed by atoms with Gasteiger partial charge in [-0.15, -0.1) is 23.1 Å². The van der Waals surface area contributed by atoms with E-state index >= 15 is 0 Å². The van der Waals surface area contributed by atoms with Crippen LogP contribution in [0, 0.1) is 0 Å². The third kappa shape index (κ3) is 4.21. The largest absolute Gasteiger partial charge is 0.481 e. The molecule has 0 fully saturated rings. The van der Waals surface area contributed by atoms with Crippen molar-refractivity contribution < 1.29 is 19.5 Å². The average molecular weight is 376 g/mol. The number of benzene rings is 1. The van der Waals surface area contributed by atoms with Crippen molar-refractivity contribution in [2.45, 2.75) is 17.4 Å². The number of nitrogens with zero attached hydrogens (tertiary/aromatic N) is 1. The van der Waals surface area contributed by atoms with Gasteiger partial charge >= 0.3 is 5.97 Å². The number of thiophene rings is 1. The molecule has 1 aromatic carbocycles. The van der Waals surface area contributed by atoms with Gasteiger partial charge in [0.15, 0.2) is 0 Å². The van der Waals surface area contributed by atoms with Gasteiger partial charge in [0.05, 0.1) is 23.9 Å². The van der Waals surface area contributed by atoms with E-state index in [1.807, 2.05) is 29.6 Å². The number of para-hydroxylation sites is 1. The van der Waals surface area contributed by atoms with Crippen LogP contribution in [0.1, 0.15) is 17.3 Å². The minimum atomic E-state index is -0.991. The number of rotatable bonds is 6. The highest BCUT2D eigenvalue weighted by Crippen LogP contribution is 2.34. The van der Waals surface area contributed by atoms with Gasteiger partial charge in [-0.1, -0.05) is 18.2 Å². The molecule has 0 saturated carbocycles. The van der Waals surface area contributed by atoms with Crippen LogP contribution in [-0.2, 0) is 14.4 Å². The first-order valence-electron chi connectivity index (χ1n) is 7.61. The van der Waals surface area contributed by atoms with Crippen molar-refractivity contribution in [3.63, 3.8) is 0 Å². The number of thioether (sulfide) groups is 1. The summed E-state index contributed by atoms with van der Waals surface area (Å²) in [5.41, 5.74) is 0.713. The molecule has 0 saturated heterocycles. The summed E-state index contributed by atoms with van der Waals surface area (Å²) in [6, 6.07) is 10.4. The molecule has 1 aromatic heterocycles. The third-order valence-electron chi connectivity index (χ3n) is 3.71. The molecule has 2 aromatic rings. The van der Waals surface area contributed by atoms with Crippen LogP contribution >= 0.6 is 23.1 Å². The summed E-state index contributed by atoms with van der Waals surface area (Å²) in [7, 11) is 0. The van der Waals surface area contributed by atoms with Crippen LogP contribution in [-0.4, -0.2) is 35.2 Å². The van der Waals surface area contributed by atoms with Crippen molar-refractivity contribution in [3.8, 4) is 0 Å².